The quantitative estimate of drug-likeness (QED) is 0.133. The summed E-state index contributed by atoms with van der Waals surface area (Å²) in [6.45, 7) is 13.8. The molecule has 4 aromatic heterocycles. The number of hydrogen-bond donors (Lipinski definition) is 0. The second-order valence-electron chi connectivity index (χ2n) is 17.0. The van der Waals surface area contributed by atoms with Gasteiger partial charge < -0.3 is 0 Å². The Labute approximate surface area is 402 Å². The van der Waals surface area contributed by atoms with Gasteiger partial charge in [-0.15, -0.1) is 45.3 Å². The molecule has 0 aliphatic heterocycles. The molecule has 0 radical (unpaired) electrons. The summed E-state index contributed by atoms with van der Waals surface area (Å²) in [5.41, 5.74) is 4.79. The summed E-state index contributed by atoms with van der Waals surface area (Å²) in [5.74, 6) is -1.88. The molecular weight excluding hydrogens is 953 g/mol. The number of aryl methyl sites for hydroxylation is 8. The molecule has 0 saturated carbocycles. The van der Waals surface area contributed by atoms with Crippen LogP contribution in [0.1, 0.15) is 44.5 Å². The Hall–Kier alpha value is -5.92. The Morgan fingerprint density at radius 1 is 0.191 bits per heavy atom. The van der Waals surface area contributed by atoms with Crippen LogP contribution >= 0.6 is 45.3 Å². The molecule has 0 spiro atoms. The van der Waals surface area contributed by atoms with Gasteiger partial charge in [-0.25, -0.2) is 35.1 Å². The standard InChI is InChI=1S/4C14H10F2S/c4*1-7-3-5-9-10-6-4-8(2)12(16)14(10)17-13(9)11(7)15/h4*3-6H,1-2H3. The highest BCUT2D eigenvalue weighted by Crippen LogP contribution is 2.42. The first-order valence-corrected chi connectivity index (χ1v) is 24.7. The SMILES string of the molecule is Cc1ccc2c(sc3c(F)c(C)ccc32)c1F.Cc1ccc2c(sc3c(F)c(C)ccc32)c1F.Cc1ccc2c(sc3c(F)c(C)ccc32)c1F.Cc1ccc2c(sc3c(F)c(C)ccc32)c1F. The van der Waals surface area contributed by atoms with Crippen molar-refractivity contribution in [2.24, 2.45) is 0 Å². The van der Waals surface area contributed by atoms with Crippen molar-refractivity contribution in [2.75, 3.05) is 0 Å². The van der Waals surface area contributed by atoms with Crippen LogP contribution in [-0.4, -0.2) is 0 Å². The van der Waals surface area contributed by atoms with Crippen LogP contribution in [0.2, 0.25) is 0 Å². The summed E-state index contributed by atoms with van der Waals surface area (Å²) in [6, 6.07) is 28.8. The molecule has 68 heavy (non-hydrogen) atoms. The predicted molar refractivity (Wildman–Crippen MR) is 275 cm³/mol. The number of fused-ring (bicyclic) bond motifs is 12. The van der Waals surface area contributed by atoms with E-state index in [9.17, 15) is 35.1 Å². The van der Waals surface area contributed by atoms with E-state index >= 15 is 0 Å². The highest BCUT2D eigenvalue weighted by Gasteiger charge is 2.18. The first kappa shape index (κ1) is 47.2. The fraction of sp³-hybridized carbons (Fsp3) is 0.143. The number of benzene rings is 8. The Balaban J connectivity index is 0.000000113. The third kappa shape index (κ3) is 7.98. The molecule has 12 aromatic rings. The van der Waals surface area contributed by atoms with Gasteiger partial charge in [0.15, 0.2) is 0 Å². The smallest absolute Gasteiger partial charge is 0.143 e. The maximum absolute atomic E-state index is 14.0. The second-order valence-corrected chi connectivity index (χ2v) is 21.1. The zero-order valence-corrected chi connectivity index (χ0v) is 41.2. The lowest BCUT2D eigenvalue weighted by atomic mass is 10.1. The molecule has 0 nitrogen and oxygen atoms in total. The lowest BCUT2D eigenvalue weighted by molar-refractivity contribution is 0.632. The molecule has 0 N–H and O–H groups in total. The fourth-order valence-corrected chi connectivity index (χ4v) is 13.3. The molecule has 0 fully saturated rings. The predicted octanol–water partition coefficient (Wildman–Crippen LogP) is 19.8. The fourth-order valence-electron chi connectivity index (χ4n) is 8.14. The molecule has 0 aliphatic rings. The molecule has 0 saturated heterocycles. The van der Waals surface area contributed by atoms with Crippen molar-refractivity contribution < 1.29 is 35.1 Å². The van der Waals surface area contributed by atoms with Crippen molar-refractivity contribution in [2.45, 2.75) is 55.4 Å². The lowest BCUT2D eigenvalue weighted by Crippen LogP contribution is -1.81. The average molecular weight is 993 g/mol. The molecule has 12 heteroatoms. The third-order valence-electron chi connectivity index (χ3n) is 12.3. The van der Waals surface area contributed by atoms with Gasteiger partial charge in [0.1, 0.15) is 46.5 Å². The van der Waals surface area contributed by atoms with E-state index in [-0.39, 0.29) is 46.5 Å². The van der Waals surface area contributed by atoms with Gasteiger partial charge in [-0.2, -0.15) is 0 Å². The van der Waals surface area contributed by atoms with E-state index in [1.807, 2.05) is 48.5 Å². The minimum absolute atomic E-state index is 0.235. The highest BCUT2D eigenvalue weighted by atomic mass is 32.1. The topological polar surface area (TPSA) is 0 Å². The van der Waals surface area contributed by atoms with Gasteiger partial charge in [-0.05, 0) is 99.9 Å². The van der Waals surface area contributed by atoms with Gasteiger partial charge in [0.2, 0.25) is 0 Å². The van der Waals surface area contributed by atoms with Gasteiger partial charge in [-0.1, -0.05) is 97.1 Å². The Bertz CT molecular complexity index is 3230. The molecule has 0 amide bonds. The third-order valence-corrected chi connectivity index (χ3v) is 17.1. The summed E-state index contributed by atoms with van der Waals surface area (Å²) in [4.78, 5) is 0. The van der Waals surface area contributed by atoms with Gasteiger partial charge in [0.25, 0.3) is 0 Å². The molecule has 344 valence electrons. The summed E-state index contributed by atoms with van der Waals surface area (Å²) < 4.78 is 116. The van der Waals surface area contributed by atoms with Crippen molar-refractivity contribution in [3.63, 3.8) is 0 Å². The van der Waals surface area contributed by atoms with E-state index in [1.54, 1.807) is 104 Å². The van der Waals surface area contributed by atoms with Crippen LogP contribution in [0.5, 0.6) is 0 Å². The average Bonchev–Trinajstić information content (AvgIpc) is 4.11. The van der Waals surface area contributed by atoms with Crippen LogP contribution in [0, 0.1) is 102 Å². The van der Waals surface area contributed by atoms with Gasteiger partial charge in [-0.3, -0.25) is 0 Å². The van der Waals surface area contributed by atoms with Crippen LogP contribution in [0.25, 0.3) is 80.7 Å². The minimum Gasteiger partial charge on any atom is -0.205 e. The number of hydrogen-bond acceptors (Lipinski definition) is 4. The van der Waals surface area contributed by atoms with Crippen molar-refractivity contribution in [3.8, 4) is 0 Å². The Kier molecular flexibility index (Phi) is 12.6. The molecular formula is C56H40F8S4. The largest absolute Gasteiger partial charge is 0.205 e. The van der Waals surface area contributed by atoms with E-state index < -0.39 is 0 Å². The summed E-state index contributed by atoms with van der Waals surface area (Å²) in [6.07, 6.45) is 0. The molecule has 0 unspecified atom stereocenters. The second kappa shape index (κ2) is 18.2. The van der Waals surface area contributed by atoms with E-state index in [2.05, 4.69) is 0 Å². The molecule has 8 aromatic carbocycles. The van der Waals surface area contributed by atoms with Crippen molar-refractivity contribution in [3.05, 3.63) is 188 Å². The van der Waals surface area contributed by atoms with E-state index in [0.717, 1.165) is 43.1 Å². The zero-order valence-electron chi connectivity index (χ0n) is 37.9. The van der Waals surface area contributed by atoms with E-state index in [1.165, 1.54) is 45.3 Å². The molecule has 12 rings (SSSR count). The van der Waals surface area contributed by atoms with Crippen LogP contribution in [-0.2, 0) is 0 Å². The van der Waals surface area contributed by atoms with E-state index in [4.69, 9.17) is 0 Å². The van der Waals surface area contributed by atoms with Crippen molar-refractivity contribution >= 4 is 126 Å². The first-order chi connectivity index (χ1) is 32.4. The van der Waals surface area contributed by atoms with Crippen molar-refractivity contribution in [1.29, 1.82) is 0 Å². The maximum Gasteiger partial charge on any atom is 0.143 e. The highest BCUT2D eigenvalue weighted by molar-refractivity contribution is 7.27. The number of rotatable bonds is 0. The minimum atomic E-state index is -0.235. The van der Waals surface area contributed by atoms with Crippen LogP contribution in [0.15, 0.2) is 97.1 Å². The van der Waals surface area contributed by atoms with Gasteiger partial charge in [0, 0.05) is 43.1 Å². The molecule has 4 heterocycles. The lowest BCUT2D eigenvalue weighted by Gasteiger charge is -1.97. The monoisotopic (exact) mass is 992 g/mol. The van der Waals surface area contributed by atoms with Crippen LogP contribution in [0.4, 0.5) is 35.1 Å². The van der Waals surface area contributed by atoms with Gasteiger partial charge >= 0.3 is 0 Å². The first-order valence-electron chi connectivity index (χ1n) is 21.4. The normalized spacial score (nSPS) is 11.5. The summed E-state index contributed by atoms with van der Waals surface area (Å²) in [5, 5.41) is 6.39. The summed E-state index contributed by atoms with van der Waals surface area (Å²) in [7, 11) is 0. The van der Waals surface area contributed by atoms with Crippen LogP contribution < -0.4 is 0 Å². The van der Waals surface area contributed by atoms with Crippen molar-refractivity contribution in [1.82, 2.24) is 0 Å². The molecule has 0 atom stereocenters. The van der Waals surface area contributed by atoms with Crippen LogP contribution in [0.3, 0.4) is 0 Å². The van der Waals surface area contributed by atoms with Gasteiger partial charge in [0.05, 0.1) is 37.6 Å². The zero-order chi connectivity index (χ0) is 48.6. The number of halogens is 8. The number of thiophene rings is 4. The maximum atomic E-state index is 14.0. The molecule has 0 bridgehead atoms. The van der Waals surface area contributed by atoms with E-state index in [0.29, 0.717) is 82.1 Å². The Morgan fingerprint density at radius 3 is 0.397 bits per heavy atom. The Morgan fingerprint density at radius 2 is 0.294 bits per heavy atom. The summed E-state index contributed by atoms with van der Waals surface area (Å²) >= 11 is 4.77. The molecule has 0 aliphatic carbocycles.